The van der Waals surface area contributed by atoms with Crippen molar-refractivity contribution in [1.82, 2.24) is 15.0 Å². The maximum absolute atomic E-state index is 6.37. The van der Waals surface area contributed by atoms with Crippen LogP contribution < -0.4 is 0 Å². The topological polar surface area (TPSA) is 65.0 Å². The molecule has 0 saturated carbocycles. The molecule has 0 atom stereocenters. The summed E-state index contributed by atoms with van der Waals surface area (Å²) in [5.41, 5.74) is 8.37. The van der Waals surface area contributed by atoms with Crippen molar-refractivity contribution in [2.75, 3.05) is 0 Å². The highest BCUT2D eigenvalue weighted by molar-refractivity contribution is 6.16. The highest BCUT2D eigenvalue weighted by atomic mass is 16.3. The van der Waals surface area contributed by atoms with Crippen LogP contribution in [0.3, 0.4) is 0 Å². The van der Waals surface area contributed by atoms with E-state index in [1.54, 1.807) is 0 Å². The monoisotopic (exact) mass is 765 g/mol. The Hall–Kier alpha value is -8.15. The number of para-hydroxylation sites is 2. The number of fused-ring (bicyclic) bond motifs is 11. The van der Waals surface area contributed by atoms with E-state index in [9.17, 15) is 0 Å². The number of rotatable bonds is 4. The van der Waals surface area contributed by atoms with Crippen LogP contribution in [0.4, 0.5) is 0 Å². The van der Waals surface area contributed by atoms with Crippen LogP contribution in [-0.2, 0) is 0 Å². The molecular formula is C55H31N3O2. The molecule has 13 rings (SSSR count). The Balaban J connectivity index is 1.08. The molecule has 5 nitrogen and oxygen atoms in total. The number of nitrogens with zero attached hydrogens (tertiary/aromatic N) is 3. The number of hydrogen-bond donors (Lipinski definition) is 0. The van der Waals surface area contributed by atoms with Crippen LogP contribution >= 0.6 is 0 Å². The number of furan rings is 2. The maximum atomic E-state index is 6.37. The summed E-state index contributed by atoms with van der Waals surface area (Å²) < 4.78 is 12.7. The van der Waals surface area contributed by atoms with Crippen molar-refractivity contribution in [3.8, 4) is 45.3 Å². The van der Waals surface area contributed by atoms with Crippen molar-refractivity contribution in [1.29, 1.82) is 0 Å². The van der Waals surface area contributed by atoms with Gasteiger partial charge >= 0.3 is 0 Å². The fraction of sp³-hybridized carbons (Fsp3) is 0. The van der Waals surface area contributed by atoms with Crippen molar-refractivity contribution in [2.45, 2.75) is 0 Å². The van der Waals surface area contributed by atoms with E-state index in [0.717, 1.165) is 109 Å². The summed E-state index contributed by atoms with van der Waals surface area (Å²) >= 11 is 0. The van der Waals surface area contributed by atoms with E-state index < -0.39 is 0 Å². The predicted molar refractivity (Wildman–Crippen MR) is 246 cm³/mol. The molecular weight excluding hydrogens is 735 g/mol. The summed E-state index contributed by atoms with van der Waals surface area (Å²) in [5.74, 6) is 1.80. The van der Waals surface area contributed by atoms with Crippen LogP contribution in [0, 0.1) is 0 Å². The Morgan fingerprint density at radius 2 is 0.867 bits per heavy atom. The minimum Gasteiger partial charge on any atom is -0.456 e. The second-order valence-electron chi connectivity index (χ2n) is 15.5. The first-order valence-corrected chi connectivity index (χ1v) is 20.2. The second kappa shape index (κ2) is 12.7. The average molecular weight is 766 g/mol. The van der Waals surface area contributed by atoms with Crippen molar-refractivity contribution in [3.63, 3.8) is 0 Å². The third-order valence-electron chi connectivity index (χ3n) is 12.1. The van der Waals surface area contributed by atoms with Gasteiger partial charge in [0.1, 0.15) is 22.3 Å². The van der Waals surface area contributed by atoms with Crippen LogP contribution in [0.5, 0.6) is 0 Å². The summed E-state index contributed by atoms with van der Waals surface area (Å²) in [5, 5.41) is 13.3. The molecule has 0 fully saturated rings. The summed E-state index contributed by atoms with van der Waals surface area (Å²) in [6.45, 7) is 0. The van der Waals surface area contributed by atoms with E-state index in [4.69, 9.17) is 23.8 Å². The molecule has 0 aliphatic rings. The normalized spacial score (nSPS) is 12.0. The first-order chi connectivity index (χ1) is 29.7. The largest absolute Gasteiger partial charge is 0.456 e. The minimum absolute atomic E-state index is 0.594. The van der Waals surface area contributed by atoms with Crippen molar-refractivity contribution in [2.24, 2.45) is 0 Å². The second-order valence-corrected chi connectivity index (χ2v) is 15.5. The maximum Gasteiger partial charge on any atom is 0.164 e. The first kappa shape index (κ1) is 32.9. The molecule has 0 aliphatic heterocycles. The van der Waals surface area contributed by atoms with E-state index in [1.165, 1.54) is 5.39 Å². The summed E-state index contributed by atoms with van der Waals surface area (Å²) in [6, 6.07) is 65.8. The SMILES string of the molecule is c1ccc2c(-c3cccc4oc5ccccc5c34)cc(-c3nc(-c4ccc5cc6c(cc5c4)oc4ccccc46)nc(-c4cc5ccccc5c5ccccc45)n3)cc2c1. The predicted octanol–water partition coefficient (Wildman–Crippen LogP) is 15.0. The molecule has 0 radical (unpaired) electrons. The van der Waals surface area contributed by atoms with E-state index >= 15 is 0 Å². The molecule has 3 heterocycles. The highest BCUT2D eigenvalue weighted by Crippen LogP contribution is 2.42. The number of aromatic nitrogens is 3. The van der Waals surface area contributed by atoms with Crippen LogP contribution in [-0.4, -0.2) is 15.0 Å². The molecule has 13 aromatic rings. The van der Waals surface area contributed by atoms with Gasteiger partial charge in [-0.1, -0.05) is 133 Å². The zero-order valence-electron chi connectivity index (χ0n) is 32.1. The Kier molecular flexibility index (Phi) is 6.95. The Morgan fingerprint density at radius 1 is 0.267 bits per heavy atom. The zero-order valence-corrected chi connectivity index (χ0v) is 32.1. The lowest BCUT2D eigenvalue weighted by molar-refractivity contribution is 0.669. The lowest BCUT2D eigenvalue weighted by Crippen LogP contribution is -2.01. The molecule has 278 valence electrons. The van der Waals surface area contributed by atoms with Crippen LogP contribution in [0.25, 0.3) is 132 Å². The third kappa shape index (κ3) is 5.03. The van der Waals surface area contributed by atoms with Crippen LogP contribution in [0.2, 0.25) is 0 Å². The van der Waals surface area contributed by atoms with Crippen LogP contribution in [0.15, 0.2) is 197 Å². The van der Waals surface area contributed by atoms with Gasteiger partial charge in [0.15, 0.2) is 17.5 Å². The summed E-state index contributed by atoms with van der Waals surface area (Å²) in [6.07, 6.45) is 0. The van der Waals surface area contributed by atoms with Gasteiger partial charge < -0.3 is 8.83 Å². The third-order valence-corrected chi connectivity index (χ3v) is 12.1. The zero-order chi connectivity index (χ0) is 39.3. The van der Waals surface area contributed by atoms with E-state index in [0.29, 0.717) is 17.5 Å². The van der Waals surface area contributed by atoms with Gasteiger partial charge in [0.25, 0.3) is 0 Å². The summed E-state index contributed by atoms with van der Waals surface area (Å²) in [4.78, 5) is 16.0. The molecule has 0 aliphatic carbocycles. The number of hydrogen-bond acceptors (Lipinski definition) is 5. The lowest BCUT2D eigenvalue weighted by Gasteiger charge is -2.14. The van der Waals surface area contributed by atoms with Crippen molar-refractivity contribution < 1.29 is 8.83 Å². The Bertz CT molecular complexity index is 3910. The fourth-order valence-corrected chi connectivity index (χ4v) is 9.26. The molecule has 0 amide bonds. The molecule has 3 aromatic heterocycles. The van der Waals surface area contributed by atoms with Gasteiger partial charge in [-0.15, -0.1) is 0 Å². The van der Waals surface area contributed by atoms with Crippen LogP contribution in [0.1, 0.15) is 0 Å². The minimum atomic E-state index is 0.594. The molecule has 0 bridgehead atoms. The Labute approximate surface area is 342 Å². The lowest BCUT2D eigenvalue weighted by atomic mass is 9.92. The average Bonchev–Trinajstić information content (AvgIpc) is 3.88. The van der Waals surface area contributed by atoms with Gasteiger partial charge in [-0.05, 0) is 109 Å². The van der Waals surface area contributed by atoms with Gasteiger partial charge in [-0.2, -0.15) is 0 Å². The smallest absolute Gasteiger partial charge is 0.164 e. The van der Waals surface area contributed by atoms with Gasteiger partial charge in [0.05, 0.1) is 0 Å². The van der Waals surface area contributed by atoms with Gasteiger partial charge in [-0.25, -0.2) is 15.0 Å². The summed E-state index contributed by atoms with van der Waals surface area (Å²) in [7, 11) is 0. The molecule has 0 spiro atoms. The molecule has 0 unspecified atom stereocenters. The van der Waals surface area contributed by atoms with E-state index in [-0.39, 0.29) is 0 Å². The quantitative estimate of drug-likeness (QED) is 0.167. The van der Waals surface area contributed by atoms with Gasteiger partial charge in [0, 0.05) is 38.2 Å². The molecule has 5 heteroatoms. The van der Waals surface area contributed by atoms with E-state index in [1.807, 2.05) is 30.3 Å². The molecule has 10 aromatic carbocycles. The van der Waals surface area contributed by atoms with Gasteiger partial charge in [-0.3, -0.25) is 0 Å². The first-order valence-electron chi connectivity index (χ1n) is 20.2. The molecule has 60 heavy (non-hydrogen) atoms. The molecule has 0 saturated heterocycles. The Morgan fingerprint density at radius 3 is 1.70 bits per heavy atom. The molecule has 0 N–H and O–H groups in total. The standard InChI is InChI=1S/C55H31N3O2/c1-4-15-39-33(12-1)26-37(30-45(39)43-20-11-23-50-52(43)44-19-8-10-22-49(44)59-50)54-56-53(35-25-24-32-28-46-42-18-7-9-21-48(42)60-51(46)31-36(32)27-35)57-55(58-54)47-29-34-13-2-3-14-38(34)40-16-5-6-17-41(40)47/h1-31H. The fourth-order valence-electron chi connectivity index (χ4n) is 9.26. The van der Waals surface area contributed by atoms with Gasteiger partial charge in [0.2, 0.25) is 0 Å². The highest BCUT2D eigenvalue weighted by Gasteiger charge is 2.20. The number of benzene rings is 10. The van der Waals surface area contributed by atoms with Crippen molar-refractivity contribution in [3.05, 3.63) is 188 Å². The van der Waals surface area contributed by atoms with Crippen molar-refractivity contribution >= 4 is 87.0 Å². The van der Waals surface area contributed by atoms with E-state index in [2.05, 4.69) is 158 Å².